The van der Waals surface area contributed by atoms with Crippen molar-refractivity contribution in [1.82, 2.24) is 25.2 Å². The highest BCUT2D eigenvalue weighted by Crippen LogP contribution is 2.22. The molecule has 0 saturated carbocycles. The molecule has 3 heterocycles. The Morgan fingerprint density at radius 1 is 1.30 bits per heavy atom. The van der Waals surface area contributed by atoms with Gasteiger partial charge in [0.15, 0.2) is 0 Å². The molecule has 2 aromatic rings. The van der Waals surface area contributed by atoms with Gasteiger partial charge < -0.3 is 9.64 Å². The molecule has 122 valence electrons. The molecule has 23 heavy (non-hydrogen) atoms. The summed E-state index contributed by atoms with van der Waals surface area (Å²) >= 11 is 0. The minimum atomic E-state index is -0.232. The van der Waals surface area contributed by atoms with Crippen LogP contribution in [0.3, 0.4) is 0 Å². The smallest absolute Gasteiger partial charge is 0.228 e. The molecule has 8 nitrogen and oxygen atoms in total. The lowest BCUT2D eigenvalue weighted by molar-refractivity contribution is -0.138. The number of aryl methyl sites for hydroxylation is 3. The molecule has 1 fully saturated rings. The molecule has 0 spiro atoms. The lowest BCUT2D eigenvalue weighted by Gasteiger charge is -2.32. The zero-order valence-electron chi connectivity index (χ0n) is 13.4. The molecule has 0 unspecified atom stereocenters. The summed E-state index contributed by atoms with van der Waals surface area (Å²) in [7, 11) is 0. The molecule has 8 heteroatoms. The maximum atomic E-state index is 12.5. The topological polar surface area (TPSA) is 94.2 Å². The number of amides is 1. The largest absolute Gasteiger partial charge is 0.368 e. The van der Waals surface area contributed by atoms with Crippen molar-refractivity contribution in [2.45, 2.75) is 33.3 Å². The quantitative estimate of drug-likeness (QED) is 0.831. The first-order valence-corrected chi connectivity index (χ1v) is 7.52. The van der Waals surface area contributed by atoms with Crippen molar-refractivity contribution in [3.8, 4) is 0 Å². The van der Waals surface area contributed by atoms with Gasteiger partial charge in [0.1, 0.15) is 23.3 Å². The van der Waals surface area contributed by atoms with Crippen molar-refractivity contribution in [3.63, 3.8) is 0 Å². The second-order valence-corrected chi connectivity index (χ2v) is 5.65. The van der Waals surface area contributed by atoms with Gasteiger partial charge in [-0.15, -0.1) is 0 Å². The Morgan fingerprint density at radius 3 is 2.83 bits per heavy atom. The van der Waals surface area contributed by atoms with E-state index in [4.69, 9.17) is 4.74 Å². The Balaban J connectivity index is 1.70. The summed E-state index contributed by atoms with van der Waals surface area (Å²) in [5.74, 6) is 0.691. The predicted octanol–water partition coefficient (Wildman–Crippen LogP) is 0.927. The molecule has 0 aromatic carbocycles. The number of nitrogens with zero attached hydrogens (tertiary/aromatic N) is 5. The Morgan fingerprint density at radius 2 is 2.13 bits per heavy atom. The molecule has 1 aliphatic heterocycles. The number of rotatable bonds is 3. The van der Waals surface area contributed by atoms with Crippen LogP contribution in [0.1, 0.15) is 34.7 Å². The fraction of sp³-hybridized carbons (Fsp3) is 0.533. The third-order valence-corrected chi connectivity index (χ3v) is 3.80. The van der Waals surface area contributed by atoms with Crippen molar-refractivity contribution < 1.29 is 14.2 Å². The molecule has 3 rings (SSSR count). The standard InChI is InChI=1S/C15H19N5O3/c1-9-6-13(17-11(3)16-9)14-8-20(4-5-22-14)15(21)7-12-10(2)18-23-19-12/h6,14H,4-5,7-8H2,1-3H3/t14-/m1/s1. The van der Waals surface area contributed by atoms with Crippen LogP contribution in [-0.2, 0) is 16.0 Å². The second kappa shape index (κ2) is 6.41. The lowest BCUT2D eigenvalue weighted by atomic mass is 10.1. The summed E-state index contributed by atoms with van der Waals surface area (Å²) in [6, 6.07) is 1.90. The van der Waals surface area contributed by atoms with Gasteiger partial charge in [-0.1, -0.05) is 10.3 Å². The summed E-state index contributed by atoms with van der Waals surface area (Å²) in [5, 5.41) is 7.46. The zero-order chi connectivity index (χ0) is 16.4. The minimum Gasteiger partial charge on any atom is -0.368 e. The molecule has 1 atom stereocenters. The van der Waals surface area contributed by atoms with Gasteiger partial charge in [0.05, 0.1) is 25.3 Å². The first-order valence-electron chi connectivity index (χ1n) is 7.52. The fourth-order valence-electron chi connectivity index (χ4n) is 2.63. The summed E-state index contributed by atoms with van der Waals surface area (Å²) < 4.78 is 10.4. The molecule has 1 aliphatic rings. The third-order valence-electron chi connectivity index (χ3n) is 3.80. The van der Waals surface area contributed by atoms with Crippen LogP contribution < -0.4 is 0 Å². The number of hydrogen-bond donors (Lipinski definition) is 0. The van der Waals surface area contributed by atoms with Crippen molar-refractivity contribution in [2.24, 2.45) is 0 Å². The van der Waals surface area contributed by atoms with Crippen LogP contribution in [0.5, 0.6) is 0 Å². The van der Waals surface area contributed by atoms with E-state index in [0.29, 0.717) is 36.9 Å². The average molecular weight is 317 g/mol. The highest BCUT2D eigenvalue weighted by atomic mass is 16.6. The van der Waals surface area contributed by atoms with E-state index in [0.717, 1.165) is 11.4 Å². The van der Waals surface area contributed by atoms with Gasteiger partial charge in [0.25, 0.3) is 0 Å². The molecule has 1 saturated heterocycles. The third kappa shape index (κ3) is 3.53. The van der Waals surface area contributed by atoms with E-state index in [-0.39, 0.29) is 18.4 Å². The number of aromatic nitrogens is 4. The summed E-state index contributed by atoms with van der Waals surface area (Å²) in [5.41, 5.74) is 2.92. The van der Waals surface area contributed by atoms with Crippen LogP contribution in [0.2, 0.25) is 0 Å². The molecule has 1 amide bonds. The first-order chi connectivity index (χ1) is 11.0. The maximum absolute atomic E-state index is 12.5. The molecular weight excluding hydrogens is 298 g/mol. The Kier molecular flexibility index (Phi) is 4.33. The van der Waals surface area contributed by atoms with E-state index in [1.165, 1.54) is 0 Å². The van der Waals surface area contributed by atoms with E-state index >= 15 is 0 Å². The number of morpholine rings is 1. The molecule has 0 aliphatic carbocycles. The van der Waals surface area contributed by atoms with Crippen molar-refractivity contribution >= 4 is 5.91 Å². The van der Waals surface area contributed by atoms with E-state index in [1.54, 1.807) is 11.8 Å². The zero-order valence-corrected chi connectivity index (χ0v) is 13.4. The second-order valence-electron chi connectivity index (χ2n) is 5.65. The molecular formula is C15H19N5O3. The van der Waals surface area contributed by atoms with Gasteiger partial charge >= 0.3 is 0 Å². The highest BCUT2D eigenvalue weighted by molar-refractivity contribution is 5.78. The van der Waals surface area contributed by atoms with Gasteiger partial charge in [-0.2, -0.15) is 0 Å². The van der Waals surface area contributed by atoms with Gasteiger partial charge in [-0.3, -0.25) is 4.79 Å². The van der Waals surface area contributed by atoms with E-state index in [1.807, 2.05) is 19.9 Å². The number of carbonyl (C=O) groups is 1. The van der Waals surface area contributed by atoms with E-state index < -0.39 is 0 Å². The normalized spacial score (nSPS) is 18.2. The number of ether oxygens (including phenoxy) is 1. The van der Waals surface area contributed by atoms with E-state index in [9.17, 15) is 4.79 Å². The Hall–Kier alpha value is -2.35. The Labute approximate surface area is 133 Å². The van der Waals surface area contributed by atoms with Crippen LogP contribution in [0.4, 0.5) is 0 Å². The lowest BCUT2D eigenvalue weighted by Crippen LogP contribution is -2.43. The van der Waals surface area contributed by atoms with E-state index in [2.05, 4.69) is 24.9 Å². The molecule has 0 radical (unpaired) electrons. The summed E-state index contributed by atoms with van der Waals surface area (Å²) in [4.78, 5) is 22.9. The van der Waals surface area contributed by atoms with Gasteiger partial charge in [0, 0.05) is 12.2 Å². The first kappa shape index (κ1) is 15.5. The fourth-order valence-corrected chi connectivity index (χ4v) is 2.63. The average Bonchev–Trinajstić information content (AvgIpc) is 2.91. The van der Waals surface area contributed by atoms with Crippen LogP contribution in [-0.4, -0.2) is 50.8 Å². The number of hydrogen-bond acceptors (Lipinski definition) is 7. The van der Waals surface area contributed by atoms with Crippen LogP contribution in [0.25, 0.3) is 0 Å². The maximum Gasteiger partial charge on any atom is 0.228 e. The van der Waals surface area contributed by atoms with Crippen LogP contribution >= 0.6 is 0 Å². The highest BCUT2D eigenvalue weighted by Gasteiger charge is 2.27. The molecule has 0 bridgehead atoms. The predicted molar refractivity (Wildman–Crippen MR) is 79.5 cm³/mol. The van der Waals surface area contributed by atoms with Crippen molar-refractivity contribution in [1.29, 1.82) is 0 Å². The van der Waals surface area contributed by atoms with Crippen molar-refractivity contribution in [3.05, 3.63) is 34.7 Å². The van der Waals surface area contributed by atoms with Crippen LogP contribution in [0, 0.1) is 20.8 Å². The molecule has 2 aromatic heterocycles. The minimum absolute atomic E-state index is 0.0143. The number of carbonyl (C=O) groups excluding carboxylic acids is 1. The summed E-state index contributed by atoms with van der Waals surface area (Å²) in [6.45, 7) is 7.05. The van der Waals surface area contributed by atoms with Gasteiger partial charge in [-0.25, -0.2) is 14.6 Å². The Bertz CT molecular complexity index is 695. The van der Waals surface area contributed by atoms with Crippen molar-refractivity contribution in [2.75, 3.05) is 19.7 Å². The monoisotopic (exact) mass is 317 g/mol. The van der Waals surface area contributed by atoms with Gasteiger partial charge in [-0.05, 0) is 26.8 Å². The SMILES string of the molecule is Cc1cc([C@H]2CN(C(=O)Cc3nonc3C)CCO2)nc(C)n1. The van der Waals surface area contributed by atoms with Gasteiger partial charge in [0.2, 0.25) is 5.91 Å². The molecule has 0 N–H and O–H groups in total. The van der Waals surface area contributed by atoms with Crippen LogP contribution in [0.15, 0.2) is 10.7 Å². The summed E-state index contributed by atoms with van der Waals surface area (Å²) in [6.07, 6.45) is -0.0474.